The van der Waals surface area contributed by atoms with E-state index in [1.165, 1.54) is 23.5 Å². The van der Waals surface area contributed by atoms with Crippen LogP contribution in [-0.2, 0) is 23.8 Å². The van der Waals surface area contributed by atoms with E-state index in [2.05, 4.69) is 10.3 Å². The predicted octanol–water partition coefficient (Wildman–Crippen LogP) is 5.44. The molecule has 3 aromatic rings. The second-order valence-electron chi connectivity index (χ2n) is 7.37. The number of benzene rings is 1. The number of thiophene rings is 1. The van der Waals surface area contributed by atoms with Gasteiger partial charge in [-0.25, -0.2) is 4.98 Å². The van der Waals surface area contributed by atoms with E-state index in [4.69, 9.17) is 4.42 Å². The average Bonchev–Trinajstić information content (AvgIpc) is 3.45. The van der Waals surface area contributed by atoms with Gasteiger partial charge >= 0.3 is 6.18 Å². The fourth-order valence-corrected chi connectivity index (χ4v) is 5.26. The first-order valence-corrected chi connectivity index (χ1v) is 11.6. The quantitative estimate of drug-likeness (QED) is 0.440. The molecule has 0 spiro atoms. The van der Waals surface area contributed by atoms with Gasteiger partial charge in [-0.1, -0.05) is 11.8 Å². The number of nitrogens with one attached hydrogen (secondary N) is 1. The Morgan fingerprint density at radius 2 is 1.88 bits per heavy atom. The van der Waals surface area contributed by atoms with Crippen LogP contribution in [0.4, 0.5) is 18.0 Å². The van der Waals surface area contributed by atoms with Crippen molar-refractivity contribution >= 4 is 40.0 Å². The van der Waals surface area contributed by atoms with E-state index in [-0.39, 0.29) is 29.2 Å². The standard InChI is InChI=1S/C22H17F3N2O4S2/c1-11-15(26-20(31-11)12-2-4-13(5-3-12)22(23,24)25)7-8-16(28)17-9-6-14(32-17)10-18-19(29)27-21(30)33-18/h2-6,9,18H,7-8,10H2,1H3,(H,27,29,30). The Hall–Kier alpha value is -2.92. The molecule has 6 nitrogen and oxygen atoms in total. The van der Waals surface area contributed by atoms with E-state index in [1.807, 2.05) is 0 Å². The maximum atomic E-state index is 12.7. The Labute approximate surface area is 194 Å². The van der Waals surface area contributed by atoms with Crippen molar-refractivity contribution in [1.82, 2.24) is 10.3 Å². The van der Waals surface area contributed by atoms with Crippen LogP contribution in [0.15, 0.2) is 40.8 Å². The molecular weight excluding hydrogens is 477 g/mol. The van der Waals surface area contributed by atoms with E-state index in [0.717, 1.165) is 28.8 Å². The molecule has 1 atom stereocenters. The summed E-state index contributed by atoms with van der Waals surface area (Å²) in [6, 6.07) is 8.01. The van der Waals surface area contributed by atoms with Gasteiger partial charge in [-0.15, -0.1) is 11.3 Å². The zero-order valence-corrected chi connectivity index (χ0v) is 18.8. The summed E-state index contributed by atoms with van der Waals surface area (Å²) in [5, 5.41) is 1.39. The lowest BCUT2D eigenvalue weighted by Crippen LogP contribution is -2.25. The van der Waals surface area contributed by atoms with Crippen LogP contribution < -0.4 is 5.32 Å². The van der Waals surface area contributed by atoms with Crippen molar-refractivity contribution < 1.29 is 32.0 Å². The first kappa shape index (κ1) is 23.2. The molecule has 11 heteroatoms. The van der Waals surface area contributed by atoms with Gasteiger partial charge in [0.15, 0.2) is 5.78 Å². The van der Waals surface area contributed by atoms with E-state index < -0.39 is 17.0 Å². The second-order valence-corrected chi connectivity index (χ2v) is 9.72. The third-order valence-corrected chi connectivity index (χ3v) is 7.16. The molecule has 1 saturated heterocycles. The highest BCUT2D eigenvalue weighted by Crippen LogP contribution is 2.32. The van der Waals surface area contributed by atoms with Gasteiger partial charge in [0.25, 0.3) is 5.24 Å². The van der Waals surface area contributed by atoms with Crippen LogP contribution in [-0.4, -0.2) is 27.2 Å². The Balaban J connectivity index is 1.37. The molecular formula is C22H17F3N2O4S2. The Kier molecular flexibility index (Phi) is 6.44. The van der Waals surface area contributed by atoms with Crippen LogP contribution in [0, 0.1) is 6.92 Å². The SMILES string of the molecule is Cc1oc(-c2ccc(C(F)(F)F)cc2)nc1CCC(=O)c1ccc(CC2SC(=O)NC2=O)s1. The number of imide groups is 1. The zero-order chi connectivity index (χ0) is 23.8. The number of ketones is 1. The van der Waals surface area contributed by atoms with Gasteiger partial charge in [0.2, 0.25) is 11.8 Å². The summed E-state index contributed by atoms with van der Waals surface area (Å²) < 4.78 is 43.8. The van der Waals surface area contributed by atoms with Crippen LogP contribution >= 0.6 is 23.1 Å². The monoisotopic (exact) mass is 494 g/mol. The molecule has 2 amide bonds. The van der Waals surface area contributed by atoms with E-state index in [9.17, 15) is 27.6 Å². The fourth-order valence-electron chi connectivity index (χ4n) is 3.29. The molecule has 1 aliphatic rings. The summed E-state index contributed by atoms with van der Waals surface area (Å²) in [5.74, 6) is 0.281. The van der Waals surface area contributed by atoms with Crippen LogP contribution in [0.25, 0.3) is 11.5 Å². The van der Waals surface area contributed by atoms with Crippen LogP contribution in [0.3, 0.4) is 0 Å². The molecule has 2 aromatic heterocycles. The summed E-state index contributed by atoms with van der Waals surface area (Å²) in [5.41, 5.74) is 0.223. The minimum Gasteiger partial charge on any atom is -0.441 e. The van der Waals surface area contributed by atoms with Gasteiger partial charge in [0.1, 0.15) is 5.76 Å². The minimum atomic E-state index is -4.42. The van der Waals surface area contributed by atoms with Crippen molar-refractivity contribution in [3.8, 4) is 11.5 Å². The number of alkyl halides is 3. The van der Waals surface area contributed by atoms with Gasteiger partial charge in [0.05, 0.1) is 21.4 Å². The number of thioether (sulfide) groups is 1. The topological polar surface area (TPSA) is 89.3 Å². The van der Waals surface area contributed by atoms with Crippen LogP contribution in [0.5, 0.6) is 0 Å². The fraction of sp³-hybridized carbons (Fsp3) is 0.273. The molecule has 0 saturated carbocycles. The molecule has 0 bridgehead atoms. The van der Waals surface area contributed by atoms with Crippen molar-refractivity contribution in [2.45, 2.75) is 37.6 Å². The molecule has 172 valence electrons. The van der Waals surface area contributed by atoms with Crippen molar-refractivity contribution in [1.29, 1.82) is 0 Å². The second kappa shape index (κ2) is 9.14. The molecule has 4 rings (SSSR count). The molecule has 1 fully saturated rings. The number of aromatic nitrogens is 1. The molecule has 1 unspecified atom stereocenters. The van der Waals surface area contributed by atoms with Gasteiger partial charge in [-0.3, -0.25) is 19.7 Å². The van der Waals surface area contributed by atoms with E-state index in [0.29, 0.717) is 34.7 Å². The van der Waals surface area contributed by atoms with Gasteiger partial charge < -0.3 is 4.42 Å². The summed E-state index contributed by atoms with van der Waals surface area (Å²) in [6.07, 6.45) is -3.55. The third kappa shape index (κ3) is 5.36. The number of oxazole rings is 1. The minimum absolute atomic E-state index is 0.0932. The summed E-state index contributed by atoms with van der Waals surface area (Å²) in [4.78, 5) is 41.3. The number of rotatable bonds is 7. The normalized spacial score (nSPS) is 16.3. The summed E-state index contributed by atoms with van der Waals surface area (Å²) in [6.45, 7) is 1.69. The van der Waals surface area contributed by atoms with Crippen LogP contribution in [0.2, 0.25) is 0 Å². The van der Waals surface area contributed by atoms with Crippen molar-refractivity contribution in [2.75, 3.05) is 0 Å². The number of hydrogen-bond donors (Lipinski definition) is 1. The van der Waals surface area contributed by atoms with Crippen molar-refractivity contribution in [2.24, 2.45) is 0 Å². The van der Waals surface area contributed by atoms with Crippen molar-refractivity contribution in [3.63, 3.8) is 0 Å². The lowest BCUT2D eigenvalue weighted by Gasteiger charge is -2.06. The van der Waals surface area contributed by atoms with Crippen LogP contribution in [0.1, 0.15) is 38.0 Å². The molecule has 1 aromatic carbocycles. The van der Waals surface area contributed by atoms with Gasteiger partial charge in [0, 0.05) is 29.7 Å². The smallest absolute Gasteiger partial charge is 0.416 e. The zero-order valence-electron chi connectivity index (χ0n) is 17.2. The lowest BCUT2D eigenvalue weighted by molar-refractivity contribution is -0.137. The number of amides is 2. The first-order valence-electron chi connectivity index (χ1n) is 9.87. The maximum Gasteiger partial charge on any atom is 0.416 e. The number of nitrogens with zero attached hydrogens (tertiary/aromatic N) is 1. The molecule has 1 N–H and O–H groups in total. The van der Waals surface area contributed by atoms with Gasteiger partial charge in [-0.05, 0) is 43.3 Å². The summed E-state index contributed by atoms with van der Waals surface area (Å²) >= 11 is 2.23. The molecule has 1 aliphatic heterocycles. The Bertz CT molecular complexity index is 1220. The largest absolute Gasteiger partial charge is 0.441 e. The highest BCUT2D eigenvalue weighted by atomic mass is 32.2. The number of carbonyl (C=O) groups is 3. The molecule has 0 aliphatic carbocycles. The highest BCUT2D eigenvalue weighted by molar-refractivity contribution is 8.15. The molecule has 3 heterocycles. The number of Topliss-reactive ketones (excluding diaryl/α,β-unsaturated/α-hetero) is 1. The number of carbonyl (C=O) groups excluding carboxylic acids is 3. The number of hydrogen-bond acceptors (Lipinski definition) is 7. The first-order chi connectivity index (χ1) is 15.6. The third-order valence-electron chi connectivity index (χ3n) is 5.03. The maximum absolute atomic E-state index is 12.7. The molecule has 33 heavy (non-hydrogen) atoms. The van der Waals surface area contributed by atoms with Gasteiger partial charge in [-0.2, -0.15) is 13.2 Å². The average molecular weight is 495 g/mol. The highest BCUT2D eigenvalue weighted by Gasteiger charge is 2.32. The van der Waals surface area contributed by atoms with E-state index >= 15 is 0 Å². The van der Waals surface area contributed by atoms with Crippen molar-refractivity contribution in [3.05, 3.63) is 63.2 Å². The molecule has 0 radical (unpaired) electrons. The Morgan fingerprint density at radius 3 is 2.52 bits per heavy atom. The Morgan fingerprint density at radius 1 is 1.15 bits per heavy atom. The summed E-state index contributed by atoms with van der Waals surface area (Å²) in [7, 11) is 0. The lowest BCUT2D eigenvalue weighted by atomic mass is 10.1. The predicted molar refractivity (Wildman–Crippen MR) is 117 cm³/mol. The number of halogens is 3. The number of aryl methyl sites for hydroxylation is 2. The van der Waals surface area contributed by atoms with E-state index in [1.54, 1.807) is 19.1 Å².